The van der Waals surface area contributed by atoms with Crippen LogP contribution >= 0.6 is 0 Å². The molecule has 4 nitrogen and oxygen atoms in total. The number of benzene rings is 3. The van der Waals surface area contributed by atoms with Crippen molar-refractivity contribution in [1.29, 1.82) is 0 Å². The molecule has 4 aromatic rings. The van der Waals surface area contributed by atoms with Crippen molar-refractivity contribution < 1.29 is 9.18 Å². The largest absolute Gasteiger partial charge is 0.334 e. The van der Waals surface area contributed by atoms with Crippen molar-refractivity contribution in [3.63, 3.8) is 0 Å². The van der Waals surface area contributed by atoms with E-state index in [2.05, 4.69) is 4.98 Å². The van der Waals surface area contributed by atoms with Crippen LogP contribution in [0, 0.1) is 19.7 Å². The van der Waals surface area contributed by atoms with Crippen LogP contribution in [-0.4, -0.2) is 22.3 Å². The van der Waals surface area contributed by atoms with E-state index in [4.69, 9.17) is 0 Å². The fourth-order valence-corrected chi connectivity index (χ4v) is 3.93. The van der Waals surface area contributed by atoms with Gasteiger partial charge < -0.3 is 9.88 Å². The standard InChI is InChI=1S/C27H25FN2O2/c1-18-6-3-4-8-20(18)14-15-30(27(32)21-10-12-24(28)13-11-21)17-23-16-22-9-5-7-19(2)25(22)29-26(23)31/h3-13,16H,14-15,17H2,1-2H3,(H,29,31). The highest BCUT2D eigenvalue weighted by molar-refractivity contribution is 5.94. The topological polar surface area (TPSA) is 53.2 Å². The predicted octanol–water partition coefficient (Wildman–Crippen LogP) is 5.17. The molecule has 0 saturated carbocycles. The summed E-state index contributed by atoms with van der Waals surface area (Å²) < 4.78 is 13.4. The van der Waals surface area contributed by atoms with Crippen LogP contribution in [0.4, 0.5) is 4.39 Å². The summed E-state index contributed by atoms with van der Waals surface area (Å²) in [6.45, 7) is 4.59. The van der Waals surface area contributed by atoms with Gasteiger partial charge in [0.05, 0.1) is 12.1 Å². The van der Waals surface area contributed by atoms with Crippen LogP contribution in [-0.2, 0) is 13.0 Å². The molecule has 5 heteroatoms. The number of hydrogen-bond acceptors (Lipinski definition) is 2. The van der Waals surface area contributed by atoms with Gasteiger partial charge in [-0.15, -0.1) is 0 Å². The van der Waals surface area contributed by atoms with E-state index in [1.807, 2.05) is 62.4 Å². The summed E-state index contributed by atoms with van der Waals surface area (Å²) in [4.78, 5) is 30.7. The number of H-pyrrole nitrogens is 1. The van der Waals surface area contributed by atoms with E-state index in [1.54, 1.807) is 4.90 Å². The van der Waals surface area contributed by atoms with E-state index in [0.29, 0.717) is 24.1 Å². The molecule has 0 radical (unpaired) electrons. The van der Waals surface area contributed by atoms with E-state index in [1.165, 1.54) is 24.3 Å². The van der Waals surface area contributed by atoms with Gasteiger partial charge in [-0.25, -0.2) is 4.39 Å². The zero-order valence-corrected chi connectivity index (χ0v) is 18.2. The van der Waals surface area contributed by atoms with Crippen LogP contribution in [0.2, 0.25) is 0 Å². The van der Waals surface area contributed by atoms with Gasteiger partial charge in [0.25, 0.3) is 11.5 Å². The van der Waals surface area contributed by atoms with Gasteiger partial charge in [-0.3, -0.25) is 9.59 Å². The second kappa shape index (κ2) is 9.18. The van der Waals surface area contributed by atoms with Gasteiger partial charge in [0, 0.05) is 17.7 Å². The Morgan fingerprint density at radius 3 is 2.38 bits per heavy atom. The minimum Gasteiger partial charge on any atom is -0.334 e. The number of hydrogen-bond donors (Lipinski definition) is 1. The Kier molecular flexibility index (Phi) is 6.17. The van der Waals surface area contributed by atoms with Crippen LogP contribution in [0.15, 0.2) is 77.6 Å². The molecular weight excluding hydrogens is 403 g/mol. The number of carbonyl (C=O) groups is 1. The summed E-state index contributed by atoms with van der Waals surface area (Å²) >= 11 is 0. The number of aryl methyl sites for hydroxylation is 2. The smallest absolute Gasteiger partial charge is 0.254 e. The maximum atomic E-state index is 13.4. The average molecular weight is 429 g/mol. The Hall–Kier alpha value is -3.73. The van der Waals surface area contributed by atoms with Gasteiger partial charge in [0.2, 0.25) is 0 Å². The number of rotatable bonds is 6. The summed E-state index contributed by atoms with van der Waals surface area (Å²) in [5.74, 6) is -0.628. The fourth-order valence-electron chi connectivity index (χ4n) is 3.93. The summed E-state index contributed by atoms with van der Waals surface area (Å²) in [5.41, 5.74) is 4.79. The Morgan fingerprint density at radius 1 is 0.906 bits per heavy atom. The lowest BCUT2D eigenvalue weighted by molar-refractivity contribution is 0.0744. The highest BCUT2D eigenvalue weighted by Gasteiger charge is 2.18. The monoisotopic (exact) mass is 428 g/mol. The lowest BCUT2D eigenvalue weighted by Gasteiger charge is -2.23. The third kappa shape index (κ3) is 4.62. The third-order valence-electron chi connectivity index (χ3n) is 5.82. The maximum absolute atomic E-state index is 13.4. The van der Waals surface area contributed by atoms with E-state index in [-0.39, 0.29) is 18.0 Å². The second-order valence-corrected chi connectivity index (χ2v) is 8.07. The molecule has 1 amide bonds. The quantitative estimate of drug-likeness (QED) is 0.461. The first-order valence-electron chi connectivity index (χ1n) is 10.6. The van der Waals surface area contributed by atoms with Crippen LogP contribution in [0.5, 0.6) is 0 Å². The van der Waals surface area contributed by atoms with Crippen LogP contribution in [0.3, 0.4) is 0 Å². The number of aromatic nitrogens is 1. The Morgan fingerprint density at radius 2 is 1.62 bits per heavy atom. The number of aromatic amines is 1. The predicted molar refractivity (Wildman–Crippen MR) is 125 cm³/mol. The first kappa shape index (κ1) is 21.5. The van der Waals surface area contributed by atoms with Crippen molar-refractivity contribution in [2.24, 2.45) is 0 Å². The van der Waals surface area contributed by atoms with Crippen molar-refractivity contribution >= 4 is 16.8 Å². The number of amides is 1. The fraction of sp³-hybridized carbons (Fsp3) is 0.185. The molecule has 0 unspecified atom stereocenters. The average Bonchev–Trinajstić information content (AvgIpc) is 2.78. The molecule has 162 valence electrons. The molecule has 1 aromatic heterocycles. The highest BCUT2D eigenvalue weighted by atomic mass is 19.1. The summed E-state index contributed by atoms with van der Waals surface area (Å²) in [6, 6.07) is 21.2. The molecule has 1 N–H and O–H groups in total. The van der Waals surface area contributed by atoms with Crippen molar-refractivity contribution in [2.45, 2.75) is 26.8 Å². The molecule has 0 aliphatic heterocycles. The first-order valence-corrected chi connectivity index (χ1v) is 10.6. The molecule has 0 aliphatic rings. The molecule has 3 aromatic carbocycles. The number of nitrogens with one attached hydrogen (secondary N) is 1. The number of pyridine rings is 1. The highest BCUT2D eigenvalue weighted by Crippen LogP contribution is 2.18. The minimum absolute atomic E-state index is 0.168. The molecular formula is C27H25FN2O2. The zero-order valence-electron chi connectivity index (χ0n) is 18.2. The number of halogens is 1. The number of nitrogens with zero attached hydrogens (tertiary/aromatic N) is 1. The third-order valence-corrected chi connectivity index (χ3v) is 5.82. The maximum Gasteiger partial charge on any atom is 0.254 e. The number of para-hydroxylation sites is 1. The molecule has 0 spiro atoms. The number of carbonyl (C=O) groups excluding carboxylic acids is 1. The molecule has 1 heterocycles. The molecule has 0 bridgehead atoms. The molecule has 0 saturated heterocycles. The molecule has 4 rings (SSSR count). The van der Waals surface area contributed by atoms with E-state index < -0.39 is 5.82 Å². The van der Waals surface area contributed by atoms with Crippen LogP contribution in [0.1, 0.15) is 32.6 Å². The zero-order chi connectivity index (χ0) is 22.7. The van der Waals surface area contributed by atoms with E-state index >= 15 is 0 Å². The van der Waals surface area contributed by atoms with Crippen LogP contribution < -0.4 is 5.56 Å². The van der Waals surface area contributed by atoms with E-state index in [0.717, 1.165) is 27.6 Å². The Bertz CT molecular complexity index is 1330. The Labute approximate surface area is 186 Å². The van der Waals surface area contributed by atoms with Crippen molar-refractivity contribution in [2.75, 3.05) is 6.54 Å². The summed E-state index contributed by atoms with van der Waals surface area (Å²) in [6.07, 6.45) is 0.657. The van der Waals surface area contributed by atoms with E-state index in [9.17, 15) is 14.0 Å². The number of fused-ring (bicyclic) bond motifs is 1. The van der Waals surface area contributed by atoms with Gasteiger partial charge in [-0.05, 0) is 72.7 Å². The lowest BCUT2D eigenvalue weighted by atomic mass is 10.0. The molecule has 0 fully saturated rings. The molecule has 0 atom stereocenters. The van der Waals surface area contributed by atoms with Gasteiger partial charge >= 0.3 is 0 Å². The molecule has 0 aliphatic carbocycles. The summed E-state index contributed by atoms with van der Waals surface area (Å²) in [5, 5.41) is 0.924. The minimum atomic E-state index is -0.394. The van der Waals surface area contributed by atoms with Crippen LogP contribution in [0.25, 0.3) is 10.9 Å². The molecule has 32 heavy (non-hydrogen) atoms. The van der Waals surface area contributed by atoms with Gasteiger partial charge in [-0.2, -0.15) is 0 Å². The van der Waals surface area contributed by atoms with Gasteiger partial charge in [-0.1, -0.05) is 42.5 Å². The van der Waals surface area contributed by atoms with Gasteiger partial charge in [0.1, 0.15) is 5.82 Å². The summed E-state index contributed by atoms with van der Waals surface area (Å²) in [7, 11) is 0. The lowest BCUT2D eigenvalue weighted by Crippen LogP contribution is -2.34. The first-order chi connectivity index (χ1) is 15.4. The second-order valence-electron chi connectivity index (χ2n) is 8.07. The SMILES string of the molecule is Cc1ccccc1CCN(Cc1cc2cccc(C)c2[nH]c1=O)C(=O)c1ccc(F)cc1. The van der Waals surface area contributed by atoms with Crippen molar-refractivity contribution in [1.82, 2.24) is 9.88 Å². The van der Waals surface area contributed by atoms with Crippen molar-refractivity contribution in [3.05, 3.63) is 117 Å². The van der Waals surface area contributed by atoms with Crippen molar-refractivity contribution in [3.8, 4) is 0 Å². The normalized spacial score (nSPS) is 11.0. The van der Waals surface area contributed by atoms with Gasteiger partial charge in [0.15, 0.2) is 0 Å². The Balaban J connectivity index is 1.67.